The minimum Gasteiger partial charge on any atom is -0.377 e. The molecular formula is C22H29N3O2. The smallest absolute Gasteiger partial charge is 0.254 e. The van der Waals surface area contributed by atoms with Gasteiger partial charge in [-0.2, -0.15) is 0 Å². The molecule has 1 unspecified atom stereocenters. The lowest BCUT2D eigenvalue weighted by atomic mass is 10.0. The molecule has 0 saturated carbocycles. The number of nitrogens with zero attached hydrogens (tertiary/aromatic N) is 3. The molecule has 144 valence electrons. The normalized spacial score (nSPS) is 21.3. The highest BCUT2D eigenvalue weighted by Gasteiger charge is 2.26. The zero-order valence-corrected chi connectivity index (χ0v) is 16.4. The first-order chi connectivity index (χ1) is 13.1. The van der Waals surface area contributed by atoms with Gasteiger partial charge in [0, 0.05) is 50.4 Å². The van der Waals surface area contributed by atoms with Crippen LogP contribution in [-0.4, -0.2) is 66.1 Å². The fourth-order valence-corrected chi connectivity index (χ4v) is 4.05. The van der Waals surface area contributed by atoms with Crippen molar-refractivity contribution in [2.24, 2.45) is 0 Å². The van der Waals surface area contributed by atoms with E-state index in [4.69, 9.17) is 9.72 Å². The topological polar surface area (TPSA) is 45.7 Å². The Bertz CT molecular complexity index is 806. The Morgan fingerprint density at radius 1 is 1.22 bits per heavy atom. The van der Waals surface area contributed by atoms with Crippen molar-refractivity contribution in [2.75, 3.05) is 39.3 Å². The SMILES string of the molecule is CC(C)c1cc(C(=O)N2CCN(CC3CCCO3)CC2)c2ccccc2n1. The molecule has 0 aliphatic carbocycles. The number of aromatic nitrogens is 1. The Labute approximate surface area is 161 Å². The predicted molar refractivity (Wildman–Crippen MR) is 107 cm³/mol. The van der Waals surface area contributed by atoms with E-state index in [0.717, 1.165) is 61.5 Å². The third kappa shape index (κ3) is 3.99. The van der Waals surface area contributed by atoms with Gasteiger partial charge >= 0.3 is 0 Å². The van der Waals surface area contributed by atoms with Crippen LogP contribution in [0.2, 0.25) is 0 Å². The van der Waals surface area contributed by atoms with E-state index in [0.29, 0.717) is 12.0 Å². The van der Waals surface area contributed by atoms with Gasteiger partial charge in [-0.05, 0) is 30.9 Å². The molecule has 2 saturated heterocycles. The summed E-state index contributed by atoms with van der Waals surface area (Å²) in [6.45, 7) is 9.54. The zero-order chi connectivity index (χ0) is 18.8. The van der Waals surface area contributed by atoms with Crippen molar-refractivity contribution < 1.29 is 9.53 Å². The maximum Gasteiger partial charge on any atom is 0.254 e. The van der Waals surface area contributed by atoms with E-state index in [9.17, 15) is 4.79 Å². The van der Waals surface area contributed by atoms with Crippen LogP contribution in [0, 0.1) is 0 Å². The average molecular weight is 367 g/mol. The molecule has 2 aromatic rings. The number of hydrogen-bond donors (Lipinski definition) is 0. The van der Waals surface area contributed by atoms with Crippen molar-refractivity contribution in [3.63, 3.8) is 0 Å². The Hall–Kier alpha value is -1.98. The van der Waals surface area contributed by atoms with E-state index in [-0.39, 0.29) is 5.91 Å². The summed E-state index contributed by atoms with van der Waals surface area (Å²) in [5.74, 6) is 0.427. The second-order valence-corrected chi connectivity index (χ2v) is 7.99. The van der Waals surface area contributed by atoms with E-state index < -0.39 is 0 Å². The summed E-state index contributed by atoms with van der Waals surface area (Å²) in [6.07, 6.45) is 2.72. The molecule has 1 aromatic carbocycles. The second kappa shape index (κ2) is 7.95. The summed E-state index contributed by atoms with van der Waals surface area (Å²) in [7, 11) is 0. The molecule has 1 amide bonds. The van der Waals surface area contributed by atoms with Crippen LogP contribution in [0.1, 0.15) is 48.7 Å². The van der Waals surface area contributed by atoms with Gasteiger partial charge in [-0.3, -0.25) is 14.7 Å². The van der Waals surface area contributed by atoms with Gasteiger partial charge in [-0.1, -0.05) is 32.0 Å². The number of para-hydroxylation sites is 1. The Morgan fingerprint density at radius 2 is 2.00 bits per heavy atom. The van der Waals surface area contributed by atoms with Crippen LogP contribution in [0.3, 0.4) is 0 Å². The minimum atomic E-state index is 0.132. The number of piperazine rings is 1. The van der Waals surface area contributed by atoms with E-state index >= 15 is 0 Å². The monoisotopic (exact) mass is 367 g/mol. The Morgan fingerprint density at radius 3 is 2.70 bits per heavy atom. The summed E-state index contributed by atoms with van der Waals surface area (Å²) >= 11 is 0. The van der Waals surface area contributed by atoms with Crippen LogP contribution in [0.25, 0.3) is 10.9 Å². The van der Waals surface area contributed by atoms with E-state index in [1.165, 1.54) is 12.8 Å². The maximum absolute atomic E-state index is 13.3. The van der Waals surface area contributed by atoms with Gasteiger partial charge in [0.25, 0.3) is 5.91 Å². The molecule has 4 rings (SSSR count). The van der Waals surface area contributed by atoms with Crippen molar-refractivity contribution >= 4 is 16.8 Å². The summed E-state index contributed by atoms with van der Waals surface area (Å²) in [5, 5.41) is 0.952. The molecule has 0 spiro atoms. The van der Waals surface area contributed by atoms with Gasteiger partial charge in [-0.15, -0.1) is 0 Å². The minimum absolute atomic E-state index is 0.132. The van der Waals surface area contributed by atoms with Crippen LogP contribution in [0.5, 0.6) is 0 Å². The molecule has 1 atom stereocenters. The average Bonchev–Trinajstić information content (AvgIpc) is 3.20. The molecule has 2 aliphatic heterocycles. The number of fused-ring (bicyclic) bond motifs is 1. The van der Waals surface area contributed by atoms with Gasteiger partial charge in [0.15, 0.2) is 0 Å². The van der Waals surface area contributed by atoms with Crippen molar-refractivity contribution in [3.8, 4) is 0 Å². The Kier molecular flexibility index (Phi) is 5.41. The summed E-state index contributed by atoms with van der Waals surface area (Å²) in [6, 6.07) is 9.96. The van der Waals surface area contributed by atoms with Crippen molar-refractivity contribution in [1.29, 1.82) is 0 Å². The van der Waals surface area contributed by atoms with Crippen LogP contribution in [-0.2, 0) is 4.74 Å². The molecule has 0 bridgehead atoms. The number of hydrogen-bond acceptors (Lipinski definition) is 4. The quantitative estimate of drug-likeness (QED) is 0.832. The number of carbonyl (C=O) groups excluding carboxylic acids is 1. The number of rotatable bonds is 4. The summed E-state index contributed by atoms with van der Waals surface area (Å²) in [4.78, 5) is 22.5. The molecule has 0 radical (unpaired) electrons. The molecule has 2 aliphatic rings. The molecule has 27 heavy (non-hydrogen) atoms. The summed E-state index contributed by atoms with van der Waals surface area (Å²) in [5.41, 5.74) is 2.68. The number of pyridine rings is 1. The molecular weight excluding hydrogens is 338 g/mol. The molecule has 5 nitrogen and oxygen atoms in total. The molecule has 1 aromatic heterocycles. The molecule has 2 fully saturated rings. The lowest BCUT2D eigenvalue weighted by Gasteiger charge is -2.36. The first-order valence-electron chi connectivity index (χ1n) is 10.1. The van der Waals surface area contributed by atoms with Crippen LogP contribution in [0.4, 0.5) is 0 Å². The summed E-state index contributed by atoms with van der Waals surface area (Å²) < 4.78 is 5.75. The standard InChI is InChI=1S/C22H29N3O2/c1-16(2)21-14-19(18-7-3-4-8-20(18)23-21)22(26)25-11-9-24(10-12-25)15-17-6-5-13-27-17/h3-4,7-8,14,16-17H,5-6,9-13,15H2,1-2H3. The van der Waals surface area contributed by atoms with Gasteiger partial charge in [0.2, 0.25) is 0 Å². The third-order valence-electron chi connectivity index (χ3n) is 5.70. The number of carbonyl (C=O) groups is 1. The van der Waals surface area contributed by atoms with Crippen LogP contribution >= 0.6 is 0 Å². The molecule has 0 N–H and O–H groups in total. The van der Waals surface area contributed by atoms with E-state index in [1.54, 1.807) is 0 Å². The fraction of sp³-hybridized carbons (Fsp3) is 0.545. The highest BCUT2D eigenvalue weighted by Crippen LogP contribution is 2.24. The van der Waals surface area contributed by atoms with Gasteiger partial charge in [0.05, 0.1) is 17.2 Å². The number of amides is 1. The van der Waals surface area contributed by atoms with E-state index in [2.05, 4.69) is 18.7 Å². The molecule has 5 heteroatoms. The lowest BCUT2D eigenvalue weighted by Crippen LogP contribution is -2.50. The van der Waals surface area contributed by atoms with Crippen LogP contribution < -0.4 is 0 Å². The van der Waals surface area contributed by atoms with Crippen molar-refractivity contribution in [2.45, 2.75) is 38.7 Å². The van der Waals surface area contributed by atoms with Gasteiger partial charge < -0.3 is 9.64 Å². The van der Waals surface area contributed by atoms with E-state index in [1.807, 2.05) is 35.2 Å². The molecule has 3 heterocycles. The van der Waals surface area contributed by atoms with Gasteiger partial charge in [-0.25, -0.2) is 0 Å². The predicted octanol–water partition coefficient (Wildman–Crippen LogP) is 3.30. The Balaban J connectivity index is 1.49. The highest BCUT2D eigenvalue weighted by molar-refractivity contribution is 6.06. The second-order valence-electron chi connectivity index (χ2n) is 7.99. The third-order valence-corrected chi connectivity index (χ3v) is 5.70. The highest BCUT2D eigenvalue weighted by atomic mass is 16.5. The largest absolute Gasteiger partial charge is 0.377 e. The first-order valence-corrected chi connectivity index (χ1v) is 10.1. The van der Waals surface area contributed by atoms with Gasteiger partial charge in [0.1, 0.15) is 0 Å². The van der Waals surface area contributed by atoms with Crippen molar-refractivity contribution in [1.82, 2.24) is 14.8 Å². The lowest BCUT2D eigenvalue weighted by molar-refractivity contribution is 0.0433. The number of benzene rings is 1. The zero-order valence-electron chi connectivity index (χ0n) is 16.4. The van der Waals surface area contributed by atoms with Crippen LogP contribution in [0.15, 0.2) is 30.3 Å². The number of ether oxygens (including phenoxy) is 1. The fourth-order valence-electron chi connectivity index (χ4n) is 4.05. The first kappa shape index (κ1) is 18.4. The maximum atomic E-state index is 13.3. The van der Waals surface area contributed by atoms with Crippen molar-refractivity contribution in [3.05, 3.63) is 41.6 Å².